The smallest absolute Gasteiger partial charge is 0.0994 e. The molecule has 0 amide bonds. The van der Waals surface area contributed by atoms with Gasteiger partial charge in [-0.25, -0.2) is 0 Å². The molecule has 0 spiro atoms. The van der Waals surface area contributed by atoms with Crippen molar-refractivity contribution in [1.29, 1.82) is 5.26 Å². The second-order valence-corrected chi connectivity index (χ2v) is 7.51. The predicted octanol–water partition coefficient (Wildman–Crippen LogP) is 10.0. The van der Waals surface area contributed by atoms with Gasteiger partial charge in [0, 0.05) is 17.1 Å². The molecule has 2 nitrogen and oxygen atoms in total. The highest BCUT2D eigenvalue weighted by atomic mass is 14.7. The Balaban J connectivity index is 0. The lowest BCUT2D eigenvalue weighted by atomic mass is 10.0. The summed E-state index contributed by atoms with van der Waals surface area (Å²) in [7, 11) is 0. The minimum Gasteiger partial charge on any atom is -0.361 e. The summed E-state index contributed by atoms with van der Waals surface area (Å²) in [6.45, 7) is 20.4. The van der Waals surface area contributed by atoms with E-state index in [4.69, 9.17) is 5.26 Å². The summed E-state index contributed by atoms with van der Waals surface area (Å²) in [6, 6.07) is 10.5. The lowest BCUT2D eigenvalue weighted by molar-refractivity contribution is 0.886. The second-order valence-electron chi connectivity index (χ2n) is 7.51. The number of aromatic nitrogens is 1. The third-order valence-corrected chi connectivity index (χ3v) is 4.54. The van der Waals surface area contributed by atoms with E-state index in [1.165, 1.54) is 35.7 Å². The first-order valence-electron chi connectivity index (χ1n) is 12.0. The van der Waals surface area contributed by atoms with Crippen LogP contribution in [0.4, 0.5) is 0 Å². The van der Waals surface area contributed by atoms with E-state index in [0.29, 0.717) is 5.57 Å². The number of nitrogens with one attached hydrogen (secondary N) is 1. The van der Waals surface area contributed by atoms with E-state index in [9.17, 15) is 0 Å². The maximum atomic E-state index is 8.88. The Kier molecular flexibility index (Phi) is 21.0. The van der Waals surface area contributed by atoms with E-state index < -0.39 is 0 Å². The Morgan fingerprint density at radius 2 is 1.69 bits per heavy atom. The van der Waals surface area contributed by atoms with Gasteiger partial charge in [-0.2, -0.15) is 5.26 Å². The Morgan fingerprint density at radius 1 is 1.06 bits per heavy atom. The van der Waals surface area contributed by atoms with Crippen LogP contribution in [-0.2, 0) is 0 Å². The van der Waals surface area contributed by atoms with Crippen molar-refractivity contribution in [2.75, 3.05) is 0 Å². The van der Waals surface area contributed by atoms with Gasteiger partial charge in [-0.05, 0) is 56.0 Å². The highest BCUT2D eigenvalue weighted by Crippen LogP contribution is 2.17. The molecule has 2 rings (SSSR count). The number of fused-ring (bicyclic) bond motifs is 1. The summed E-state index contributed by atoms with van der Waals surface area (Å²) >= 11 is 0. The third-order valence-electron chi connectivity index (χ3n) is 4.54. The fourth-order valence-corrected chi connectivity index (χ4v) is 2.50. The van der Waals surface area contributed by atoms with Crippen LogP contribution >= 0.6 is 0 Å². The zero-order valence-corrected chi connectivity index (χ0v) is 21.9. The number of hydrogen-bond donors (Lipinski definition) is 1. The van der Waals surface area contributed by atoms with Crippen LogP contribution < -0.4 is 0 Å². The number of nitriles is 1. The van der Waals surface area contributed by atoms with Crippen LogP contribution in [0.1, 0.15) is 86.1 Å². The van der Waals surface area contributed by atoms with E-state index in [1.54, 1.807) is 6.08 Å². The average molecular weight is 435 g/mol. The standard InChI is InChI=1S/C14H19N.C9H9N.C4H10.C3H8/c1-5-8-9-10-13(6-2)12(4)14(7-3)11-15;1-7-3-2-4-9-8(7)5-6-10-9;1-3-4-2;1-3-2/h6-7,9-10H,3,5,8H2,1-2,4H3;2-6,10H,1H3;3-4H2,1-2H3;3H2,1-2H3/b10-9+,13-6-,14-12+;;;. The highest BCUT2D eigenvalue weighted by Gasteiger charge is 2.00. The van der Waals surface area contributed by atoms with Crippen molar-refractivity contribution in [1.82, 2.24) is 4.98 Å². The lowest BCUT2D eigenvalue weighted by Crippen LogP contribution is -1.86. The first-order valence-corrected chi connectivity index (χ1v) is 12.0. The molecule has 1 aromatic carbocycles. The van der Waals surface area contributed by atoms with Crippen molar-refractivity contribution in [2.24, 2.45) is 0 Å². The SMILES string of the molecule is C=C\C(C#N)=C(C)/C(=C\C)/C=C/CCC.CCC.CCCC.Cc1cccc2[nH]ccc12. The van der Waals surface area contributed by atoms with Crippen LogP contribution in [0.15, 0.2) is 78.1 Å². The summed E-state index contributed by atoms with van der Waals surface area (Å²) in [4.78, 5) is 3.16. The molecule has 0 bridgehead atoms. The minimum absolute atomic E-state index is 0.643. The van der Waals surface area contributed by atoms with Crippen LogP contribution in [0, 0.1) is 18.3 Å². The van der Waals surface area contributed by atoms with Crippen LogP contribution in [-0.4, -0.2) is 4.98 Å². The molecule has 32 heavy (non-hydrogen) atoms. The molecular weight excluding hydrogens is 388 g/mol. The molecule has 1 N–H and O–H groups in total. The maximum Gasteiger partial charge on any atom is 0.0994 e. The summed E-state index contributed by atoms with van der Waals surface area (Å²) in [5.41, 5.74) is 5.28. The van der Waals surface area contributed by atoms with E-state index in [1.807, 2.05) is 26.1 Å². The van der Waals surface area contributed by atoms with E-state index in [0.717, 1.165) is 24.0 Å². The molecule has 1 aromatic heterocycles. The fraction of sp³-hybridized carbons (Fsp3) is 0.433. The number of aromatic amines is 1. The van der Waals surface area contributed by atoms with Crippen LogP contribution in [0.2, 0.25) is 0 Å². The van der Waals surface area contributed by atoms with Gasteiger partial charge in [0.25, 0.3) is 0 Å². The van der Waals surface area contributed by atoms with Gasteiger partial charge < -0.3 is 4.98 Å². The van der Waals surface area contributed by atoms with Gasteiger partial charge >= 0.3 is 0 Å². The van der Waals surface area contributed by atoms with E-state index in [2.05, 4.69) is 95.6 Å². The van der Waals surface area contributed by atoms with Gasteiger partial charge in [0.15, 0.2) is 0 Å². The molecule has 0 aliphatic heterocycles. The Hall–Kier alpha value is -2.79. The molecule has 0 aliphatic carbocycles. The van der Waals surface area contributed by atoms with Crippen molar-refractivity contribution in [3.63, 3.8) is 0 Å². The van der Waals surface area contributed by atoms with Crippen molar-refractivity contribution < 1.29 is 0 Å². The molecule has 0 radical (unpaired) electrons. The Labute approximate surface area is 198 Å². The quantitative estimate of drug-likeness (QED) is 0.356. The molecule has 0 atom stereocenters. The summed E-state index contributed by atoms with van der Waals surface area (Å²) < 4.78 is 0. The van der Waals surface area contributed by atoms with E-state index >= 15 is 0 Å². The molecule has 0 aliphatic rings. The zero-order chi connectivity index (χ0) is 24.8. The number of aryl methyl sites for hydroxylation is 1. The summed E-state index contributed by atoms with van der Waals surface area (Å²) in [5.74, 6) is 0. The molecule has 2 aromatic rings. The van der Waals surface area contributed by atoms with Gasteiger partial charge in [0.1, 0.15) is 0 Å². The van der Waals surface area contributed by atoms with Gasteiger partial charge in [-0.3, -0.25) is 0 Å². The molecule has 2 heteroatoms. The number of benzene rings is 1. The minimum atomic E-state index is 0.643. The largest absolute Gasteiger partial charge is 0.361 e. The van der Waals surface area contributed by atoms with Crippen LogP contribution in [0.25, 0.3) is 10.9 Å². The van der Waals surface area contributed by atoms with Gasteiger partial charge in [-0.1, -0.05) is 103 Å². The fourth-order valence-electron chi connectivity index (χ4n) is 2.50. The number of unbranched alkanes of at least 4 members (excludes halogenated alkanes) is 2. The molecule has 0 fully saturated rings. The lowest BCUT2D eigenvalue weighted by Gasteiger charge is -2.03. The average Bonchev–Trinajstić information content (AvgIpc) is 3.29. The summed E-state index contributed by atoms with van der Waals surface area (Å²) in [6.07, 6.45) is 15.9. The van der Waals surface area contributed by atoms with Gasteiger partial charge in [0.2, 0.25) is 0 Å². The zero-order valence-electron chi connectivity index (χ0n) is 21.9. The first kappa shape index (κ1) is 31.4. The normalized spacial score (nSPS) is 11.2. The number of rotatable bonds is 6. The Morgan fingerprint density at radius 3 is 2.12 bits per heavy atom. The molecule has 176 valence electrons. The predicted molar refractivity (Wildman–Crippen MR) is 146 cm³/mol. The van der Waals surface area contributed by atoms with Gasteiger partial charge in [0.05, 0.1) is 11.6 Å². The molecule has 0 unspecified atom stereocenters. The molecular formula is C30H46N2. The third kappa shape index (κ3) is 13.5. The van der Waals surface area contributed by atoms with Crippen molar-refractivity contribution in [3.05, 3.63) is 83.6 Å². The van der Waals surface area contributed by atoms with E-state index in [-0.39, 0.29) is 0 Å². The highest BCUT2D eigenvalue weighted by molar-refractivity contribution is 5.82. The number of nitrogens with zero attached hydrogens (tertiary/aromatic N) is 1. The second kappa shape index (κ2) is 21.4. The molecule has 1 heterocycles. The van der Waals surface area contributed by atoms with Crippen LogP contribution in [0.5, 0.6) is 0 Å². The van der Waals surface area contributed by atoms with Crippen molar-refractivity contribution >= 4 is 10.9 Å². The van der Waals surface area contributed by atoms with Crippen LogP contribution in [0.3, 0.4) is 0 Å². The van der Waals surface area contributed by atoms with Crippen molar-refractivity contribution in [3.8, 4) is 6.07 Å². The number of allylic oxidation sites excluding steroid dienone is 7. The van der Waals surface area contributed by atoms with Gasteiger partial charge in [-0.15, -0.1) is 0 Å². The first-order chi connectivity index (χ1) is 15.4. The van der Waals surface area contributed by atoms with Crippen molar-refractivity contribution in [2.45, 2.75) is 87.5 Å². The summed E-state index contributed by atoms with van der Waals surface area (Å²) in [5, 5.41) is 10.2. The number of H-pyrrole nitrogens is 1. The number of hydrogen-bond acceptors (Lipinski definition) is 1. The molecule has 0 saturated heterocycles. The topological polar surface area (TPSA) is 39.6 Å². The monoisotopic (exact) mass is 434 g/mol. The Bertz CT molecular complexity index is 868. The molecule has 0 saturated carbocycles. The maximum absolute atomic E-state index is 8.88.